The molecule has 0 bridgehead atoms. The zero-order chi connectivity index (χ0) is 16.8. The van der Waals surface area contributed by atoms with E-state index in [1.54, 1.807) is 18.2 Å². The molecule has 2 rings (SSSR count). The molecule has 1 atom stereocenters. The molecule has 0 heterocycles. The van der Waals surface area contributed by atoms with E-state index in [0.29, 0.717) is 5.56 Å². The van der Waals surface area contributed by atoms with E-state index in [1.165, 1.54) is 36.4 Å². The van der Waals surface area contributed by atoms with Crippen molar-refractivity contribution in [1.82, 2.24) is 5.48 Å². The average molecular weight is 363 g/mol. The molecule has 0 aliphatic heterocycles. The fraction of sp³-hybridized carbons (Fsp3) is 0.0625. The third kappa shape index (κ3) is 6.56. The second-order valence-electron chi connectivity index (χ2n) is 4.53. The molecule has 0 saturated heterocycles. The molecule has 2 aromatic rings. The molecule has 9 heteroatoms. The van der Waals surface area contributed by atoms with Gasteiger partial charge in [-0.25, -0.2) is 15.1 Å². The number of rotatable bonds is 6. The van der Waals surface area contributed by atoms with Gasteiger partial charge < -0.3 is 13.1 Å². The Kier molecular flexibility index (Phi) is 10.9. The van der Waals surface area contributed by atoms with E-state index in [2.05, 4.69) is 0 Å². The number of aromatic carboxylic acids is 1. The fourth-order valence-corrected chi connectivity index (χ4v) is 1.92. The topological polar surface area (TPSA) is 113 Å². The van der Waals surface area contributed by atoms with Crippen molar-refractivity contribution in [1.29, 1.82) is 0 Å². The molecule has 3 N–H and O–H groups in total. The second kappa shape index (κ2) is 11.4. The summed E-state index contributed by atoms with van der Waals surface area (Å²) in [6.45, 7) is 0. The molecular weight excluding hydrogens is 348 g/mol. The van der Waals surface area contributed by atoms with Gasteiger partial charge in [0.25, 0.3) is 5.91 Å². The first-order valence-corrected chi connectivity index (χ1v) is 6.56. The summed E-state index contributed by atoms with van der Waals surface area (Å²) in [6, 6.07) is 13.6. The third-order valence-corrected chi connectivity index (χ3v) is 3.00. The normalized spacial score (nSPS) is 10.6. The number of amides is 1. The van der Waals surface area contributed by atoms with Crippen molar-refractivity contribution in [2.24, 2.45) is 0 Å². The molecule has 0 radical (unpaired) electrons. The first kappa shape index (κ1) is 23.8. The first-order valence-electron chi connectivity index (χ1n) is 6.56. The van der Waals surface area contributed by atoms with Crippen LogP contribution in [0.25, 0.3) is 0 Å². The van der Waals surface area contributed by atoms with Gasteiger partial charge >= 0.3 is 71.1 Å². The van der Waals surface area contributed by atoms with Crippen LogP contribution in [0.4, 0.5) is 0 Å². The van der Waals surface area contributed by atoms with Gasteiger partial charge in [-0.05, 0) is 17.7 Å². The summed E-state index contributed by atoms with van der Waals surface area (Å²) in [5.74, 6) is -3.40. The van der Waals surface area contributed by atoms with E-state index < -0.39 is 23.9 Å². The van der Waals surface area contributed by atoms with E-state index >= 15 is 0 Å². The Balaban J connectivity index is -0.00000144. The van der Waals surface area contributed by atoms with Crippen LogP contribution < -0.4 is 64.6 Å². The van der Waals surface area contributed by atoms with Crippen molar-refractivity contribution >= 4 is 17.8 Å². The molecule has 0 aliphatic carbocycles. The van der Waals surface area contributed by atoms with E-state index in [0.717, 1.165) is 0 Å². The Hall–Kier alpha value is -1.19. The van der Waals surface area contributed by atoms with Crippen LogP contribution >= 0.6 is 0 Å². The zero-order valence-corrected chi connectivity index (χ0v) is 17.8. The van der Waals surface area contributed by atoms with Gasteiger partial charge in [-0.2, -0.15) is 0 Å². The summed E-state index contributed by atoms with van der Waals surface area (Å²) in [5, 5.41) is 18.2. The molecule has 25 heavy (non-hydrogen) atoms. The van der Waals surface area contributed by atoms with E-state index in [9.17, 15) is 19.5 Å². The van der Waals surface area contributed by atoms with Crippen molar-refractivity contribution in [3.05, 3.63) is 71.3 Å². The summed E-state index contributed by atoms with van der Waals surface area (Å²) in [6.07, 6.45) is -1.41. The van der Waals surface area contributed by atoms with Gasteiger partial charge in [-0.3, -0.25) is 9.63 Å². The minimum atomic E-state index is -1.41. The summed E-state index contributed by atoms with van der Waals surface area (Å²) in [5.41, 5.74) is 1.99. The van der Waals surface area contributed by atoms with Gasteiger partial charge in [-0.1, -0.05) is 42.5 Å². The number of benzene rings is 2. The smallest absolute Gasteiger partial charge is 1.00 e. The molecule has 0 saturated carbocycles. The molecule has 1 unspecified atom stereocenters. The summed E-state index contributed by atoms with van der Waals surface area (Å²) in [4.78, 5) is 39.3. The fourth-order valence-electron chi connectivity index (χ4n) is 1.92. The van der Waals surface area contributed by atoms with Crippen molar-refractivity contribution in [2.45, 2.75) is 6.10 Å². The average Bonchev–Trinajstić information content (AvgIpc) is 2.55. The van der Waals surface area contributed by atoms with Crippen LogP contribution in [0.1, 0.15) is 35.2 Å². The molecule has 1 amide bonds. The molecule has 0 aromatic heterocycles. The monoisotopic (exact) mass is 363 g/mol. The van der Waals surface area contributed by atoms with Gasteiger partial charge in [0.15, 0.2) is 0 Å². The SMILES string of the molecule is O=C(O)c1ccccc1C(=O)NOC(C(=O)O)c1ccccc1.[H-].[H-].[Na+].[Na+]. The number of carboxylic acid groups (broad SMARTS) is 2. The van der Waals surface area contributed by atoms with Crippen LogP contribution in [0.5, 0.6) is 0 Å². The number of nitrogens with one attached hydrogen (secondary N) is 1. The number of carboxylic acids is 2. The molecule has 122 valence electrons. The summed E-state index contributed by atoms with van der Waals surface area (Å²) in [7, 11) is 0. The number of aliphatic carboxylic acids is 1. The Bertz CT molecular complexity index is 749. The maximum atomic E-state index is 12.0. The molecule has 2 aromatic carbocycles. The first-order chi connectivity index (χ1) is 11.0. The number of hydrogen-bond acceptors (Lipinski definition) is 4. The number of hydroxylamine groups is 1. The summed E-state index contributed by atoms with van der Waals surface area (Å²) >= 11 is 0. The molecular formula is C16H15NNa2O6. The van der Waals surface area contributed by atoms with Crippen molar-refractivity contribution in [3.8, 4) is 0 Å². The second-order valence-corrected chi connectivity index (χ2v) is 4.53. The molecule has 0 aliphatic rings. The van der Waals surface area contributed by atoms with Crippen molar-refractivity contribution < 1.29 is 91.4 Å². The number of hydrogen-bond donors (Lipinski definition) is 3. The zero-order valence-electron chi connectivity index (χ0n) is 15.8. The van der Waals surface area contributed by atoms with Crippen LogP contribution in [0.2, 0.25) is 0 Å². The Morgan fingerprint density at radius 1 is 0.880 bits per heavy atom. The van der Waals surface area contributed by atoms with E-state index in [4.69, 9.17) is 9.94 Å². The van der Waals surface area contributed by atoms with Crippen LogP contribution in [-0.4, -0.2) is 28.1 Å². The maximum Gasteiger partial charge on any atom is 1.00 e. The number of carbonyl (C=O) groups excluding carboxylic acids is 1. The Morgan fingerprint density at radius 3 is 1.92 bits per heavy atom. The summed E-state index contributed by atoms with van der Waals surface area (Å²) < 4.78 is 0. The minimum Gasteiger partial charge on any atom is -1.00 e. The van der Waals surface area contributed by atoms with E-state index in [1.807, 2.05) is 5.48 Å². The van der Waals surface area contributed by atoms with Crippen molar-refractivity contribution in [3.63, 3.8) is 0 Å². The maximum absolute atomic E-state index is 12.0. The van der Waals surface area contributed by atoms with Gasteiger partial charge in [-0.15, -0.1) is 0 Å². The molecule has 7 nitrogen and oxygen atoms in total. The number of carbonyl (C=O) groups is 3. The van der Waals surface area contributed by atoms with E-state index in [-0.39, 0.29) is 73.1 Å². The Labute approximate surface area is 190 Å². The molecule has 0 spiro atoms. The third-order valence-electron chi connectivity index (χ3n) is 3.00. The van der Waals surface area contributed by atoms with Crippen LogP contribution in [-0.2, 0) is 9.63 Å². The Morgan fingerprint density at radius 2 is 1.40 bits per heavy atom. The minimum absolute atomic E-state index is 0. The van der Waals surface area contributed by atoms with Gasteiger partial charge in [0.2, 0.25) is 6.10 Å². The predicted octanol–water partition coefficient (Wildman–Crippen LogP) is -3.89. The van der Waals surface area contributed by atoms with Gasteiger partial charge in [0.1, 0.15) is 0 Å². The largest absolute Gasteiger partial charge is 1.00 e. The molecule has 0 fully saturated rings. The van der Waals surface area contributed by atoms with Gasteiger partial charge in [0.05, 0.1) is 11.1 Å². The van der Waals surface area contributed by atoms with Gasteiger partial charge in [0, 0.05) is 0 Å². The van der Waals surface area contributed by atoms with Crippen LogP contribution in [0.3, 0.4) is 0 Å². The quantitative estimate of drug-likeness (QED) is 0.357. The standard InChI is InChI=1S/C16H13NO6.2Na.2H/c18-14(11-8-4-5-9-12(11)15(19)20)17-23-13(16(21)22)10-6-2-1-3-7-10;;;;/h1-9,13H,(H,17,18)(H,19,20)(H,21,22);;;;/q;2*+1;2*-1. The van der Waals surface area contributed by atoms with Crippen LogP contribution in [0.15, 0.2) is 54.6 Å². The van der Waals surface area contributed by atoms with Crippen LogP contribution in [0, 0.1) is 0 Å². The van der Waals surface area contributed by atoms with Crippen molar-refractivity contribution in [2.75, 3.05) is 0 Å². The predicted molar refractivity (Wildman–Crippen MR) is 81.0 cm³/mol.